The van der Waals surface area contributed by atoms with Gasteiger partial charge in [-0.15, -0.1) is 0 Å². The zero-order chi connectivity index (χ0) is 13.9. The molecule has 0 unspecified atom stereocenters. The summed E-state index contributed by atoms with van der Waals surface area (Å²) < 4.78 is 41.8. The molecule has 1 fully saturated rings. The third-order valence-corrected chi connectivity index (χ3v) is 3.04. The Labute approximate surface area is 108 Å². The first-order valence-electron chi connectivity index (χ1n) is 6.01. The number of carbonyl (C=O) groups excluding carboxylic acids is 1. The highest BCUT2D eigenvalue weighted by atomic mass is 19.4. The molecule has 1 aromatic carbocycles. The van der Waals surface area contributed by atoms with Crippen molar-refractivity contribution in [3.63, 3.8) is 0 Å². The number of halogens is 3. The van der Waals surface area contributed by atoms with Crippen molar-refractivity contribution in [1.29, 1.82) is 0 Å². The minimum absolute atomic E-state index is 0.0986. The van der Waals surface area contributed by atoms with Crippen LogP contribution in [0, 0.1) is 0 Å². The Morgan fingerprint density at radius 3 is 2.42 bits per heavy atom. The topological polar surface area (TPSA) is 38.3 Å². The largest absolute Gasteiger partial charge is 0.471 e. The van der Waals surface area contributed by atoms with Gasteiger partial charge in [-0.05, 0) is 18.4 Å². The average molecular weight is 273 g/mol. The second-order valence-corrected chi connectivity index (χ2v) is 4.48. The molecule has 19 heavy (non-hydrogen) atoms. The number of rotatable bonds is 2. The maximum absolute atomic E-state index is 12.1. The fourth-order valence-electron chi connectivity index (χ4n) is 2.06. The van der Waals surface area contributed by atoms with E-state index in [2.05, 4.69) is 0 Å². The van der Waals surface area contributed by atoms with Gasteiger partial charge in [0.05, 0.1) is 18.8 Å². The van der Waals surface area contributed by atoms with E-state index in [9.17, 15) is 18.0 Å². The van der Waals surface area contributed by atoms with Gasteiger partial charge in [-0.25, -0.2) is 0 Å². The van der Waals surface area contributed by atoms with Gasteiger partial charge in [-0.3, -0.25) is 4.79 Å². The van der Waals surface area contributed by atoms with Crippen LogP contribution in [0.15, 0.2) is 30.3 Å². The van der Waals surface area contributed by atoms with E-state index in [0.717, 1.165) is 5.56 Å². The second-order valence-electron chi connectivity index (χ2n) is 4.48. The van der Waals surface area contributed by atoms with Crippen molar-refractivity contribution in [2.45, 2.75) is 31.2 Å². The van der Waals surface area contributed by atoms with E-state index in [1.54, 1.807) is 0 Å². The first kappa shape index (κ1) is 13.9. The number of alkyl halides is 3. The summed E-state index contributed by atoms with van der Waals surface area (Å²) >= 11 is 0. The highest BCUT2D eigenvalue weighted by Gasteiger charge is 2.40. The van der Waals surface area contributed by atoms with Gasteiger partial charge in [0, 0.05) is 0 Å². The van der Waals surface area contributed by atoms with Crippen molar-refractivity contribution in [2.75, 3.05) is 6.61 Å². The van der Waals surface area contributed by atoms with Crippen molar-refractivity contribution in [2.24, 2.45) is 0 Å². The molecule has 3 nitrogen and oxygen atoms in total. The van der Waals surface area contributed by atoms with Crippen LogP contribution in [0.2, 0.25) is 0 Å². The van der Waals surface area contributed by atoms with Gasteiger partial charge in [-0.1, -0.05) is 30.3 Å². The van der Waals surface area contributed by atoms with Crippen LogP contribution in [0.25, 0.3) is 0 Å². The van der Waals surface area contributed by atoms with Gasteiger partial charge in [0.15, 0.2) is 0 Å². The molecule has 1 aliphatic heterocycles. The molecular formula is C13H14F3NO2. The predicted octanol–water partition coefficient (Wildman–Crippen LogP) is 2.59. The van der Waals surface area contributed by atoms with Crippen LogP contribution in [0.1, 0.15) is 24.5 Å². The Morgan fingerprint density at radius 1 is 1.21 bits per heavy atom. The van der Waals surface area contributed by atoms with Gasteiger partial charge in [0.2, 0.25) is 0 Å². The maximum Gasteiger partial charge on any atom is 0.471 e. The van der Waals surface area contributed by atoms with Crippen molar-refractivity contribution in [1.82, 2.24) is 5.32 Å². The van der Waals surface area contributed by atoms with E-state index < -0.39 is 18.1 Å². The number of nitrogens with one attached hydrogen (secondary N) is 1. The van der Waals surface area contributed by atoms with Crippen LogP contribution < -0.4 is 5.32 Å². The van der Waals surface area contributed by atoms with E-state index >= 15 is 0 Å². The van der Waals surface area contributed by atoms with Crippen LogP contribution in [0.5, 0.6) is 0 Å². The Hall–Kier alpha value is -1.56. The molecule has 0 aromatic heterocycles. The molecule has 1 N–H and O–H groups in total. The zero-order valence-corrected chi connectivity index (χ0v) is 10.1. The van der Waals surface area contributed by atoms with E-state index in [1.807, 2.05) is 35.6 Å². The van der Waals surface area contributed by atoms with Gasteiger partial charge < -0.3 is 10.1 Å². The molecule has 1 saturated heterocycles. The summed E-state index contributed by atoms with van der Waals surface area (Å²) in [6.45, 7) is 0.0986. The zero-order valence-electron chi connectivity index (χ0n) is 10.1. The summed E-state index contributed by atoms with van der Waals surface area (Å²) in [4.78, 5) is 10.8. The quantitative estimate of drug-likeness (QED) is 0.899. The summed E-state index contributed by atoms with van der Waals surface area (Å²) in [6, 6.07) is 8.91. The molecule has 6 heteroatoms. The number of hydrogen-bond donors (Lipinski definition) is 1. The molecule has 0 spiro atoms. The lowest BCUT2D eigenvalue weighted by Gasteiger charge is -2.30. The molecule has 104 valence electrons. The summed E-state index contributed by atoms with van der Waals surface area (Å²) in [5.74, 6) is -1.90. The monoisotopic (exact) mass is 273 g/mol. The van der Waals surface area contributed by atoms with Crippen LogP contribution >= 0.6 is 0 Å². The smallest absolute Gasteiger partial charge is 0.371 e. The summed E-state index contributed by atoms with van der Waals surface area (Å²) in [5.41, 5.74) is 1.00. The molecule has 1 aromatic rings. The molecule has 2 atom stereocenters. The van der Waals surface area contributed by atoms with Gasteiger partial charge in [-0.2, -0.15) is 13.2 Å². The van der Waals surface area contributed by atoms with Crippen molar-refractivity contribution < 1.29 is 22.7 Å². The highest BCUT2D eigenvalue weighted by molar-refractivity contribution is 5.81. The maximum atomic E-state index is 12.1. The highest BCUT2D eigenvalue weighted by Crippen LogP contribution is 2.28. The lowest BCUT2D eigenvalue weighted by molar-refractivity contribution is -0.175. The van der Waals surface area contributed by atoms with Gasteiger partial charge in [0.1, 0.15) is 0 Å². The van der Waals surface area contributed by atoms with Gasteiger partial charge >= 0.3 is 12.1 Å². The molecule has 0 bridgehead atoms. The first-order valence-corrected chi connectivity index (χ1v) is 6.01. The molecule has 1 aliphatic rings. The van der Waals surface area contributed by atoms with Crippen molar-refractivity contribution in [3.05, 3.63) is 35.9 Å². The van der Waals surface area contributed by atoms with Crippen molar-refractivity contribution in [3.8, 4) is 0 Å². The number of amides is 1. The fraction of sp³-hybridized carbons (Fsp3) is 0.462. The number of hydrogen-bond acceptors (Lipinski definition) is 2. The number of ether oxygens (including phenoxy) is 1. The molecule has 0 aliphatic carbocycles. The molecular weight excluding hydrogens is 259 g/mol. The number of carbonyl (C=O) groups is 1. The summed E-state index contributed by atoms with van der Waals surface area (Å²) in [7, 11) is 0. The van der Waals surface area contributed by atoms with Crippen LogP contribution in [-0.4, -0.2) is 24.7 Å². The van der Waals surface area contributed by atoms with E-state index in [0.29, 0.717) is 12.8 Å². The van der Waals surface area contributed by atoms with Gasteiger partial charge in [0.25, 0.3) is 0 Å². The van der Waals surface area contributed by atoms with E-state index in [-0.39, 0.29) is 12.7 Å². The fourth-order valence-corrected chi connectivity index (χ4v) is 2.06. The molecule has 1 heterocycles. The Bertz CT molecular complexity index is 425. The molecule has 2 rings (SSSR count). The van der Waals surface area contributed by atoms with E-state index in [1.165, 1.54) is 0 Å². The van der Waals surface area contributed by atoms with E-state index in [4.69, 9.17) is 4.74 Å². The van der Waals surface area contributed by atoms with Crippen molar-refractivity contribution >= 4 is 5.91 Å². The Kier molecular flexibility index (Phi) is 4.09. The van der Waals surface area contributed by atoms with Crippen LogP contribution in [0.3, 0.4) is 0 Å². The Balaban J connectivity index is 1.85. The predicted molar refractivity (Wildman–Crippen MR) is 62.4 cm³/mol. The normalized spacial score (nSPS) is 23.9. The van der Waals surface area contributed by atoms with Crippen LogP contribution in [-0.2, 0) is 9.53 Å². The molecule has 0 saturated carbocycles. The number of benzene rings is 1. The standard InChI is InChI=1S/C13H14F3NO2/c14-13(15,16)12(18)17-10-6-7-11(19-8-10)9-4-2-1-3-5-9/h1-5,10-11H,6-8H2,(H,17,18)/t10-,11+/m1/s1. The minimum atomic E-state index is -4.84. The second kappa shape index (κ2) is 5.61. The summed E-state index contributed by atoms with van der Waals surface area (Å²) in [5, 5.41) is 1.94. The third kappa shape index (κ3) is 3.70. The van der Waals surface area contributed by atoms with Crippen LogP contribution in [0.4, 0.5) is 13.2 Å². The lowest BCUT2D eigenvalue weighted by Crippen LogP contribution is -2.46. The lowest BCUT2D eigenvalue weighted by atomic mass is 9.99. The molecule has 1 amide bonds. The minimum Gasteiger partial charge on any atom is -0.371 e. The first-order chi connectivity index (χ1) is 8.97. The SMILES string of the molecule is O=C(N[C@@H]1CC[C@@H](c2ccccc2)OC1)C(F)(F)F. The average Bonchev–Trinajstić information content (AvgIpc) is 2.39. The summed E-state index contributed by atoms with van der Waals surface area (Å²) in [6.07, 6.45) is -3.88. The third-order valence-electron chi connectivity index (χ3n) is 3.04. The molecule has 0 radical (unpaired) electrons. The Morgan fingerprint density at radius 2 is 1.89 bits per heavy atom.